The summed E-state index contributed by atoms with van der Waals surface area (Å²) in [6, 6.07) is 2.74. The molecule has 112 valence electrons. The maximum atomic E-state index is 13.8. The van der Waals surface area contributed by atoms with Gasteiger partial charge in [0.25, 0.3) is 5.91 Å². The number of ether oxygens (including phenoxy) is 1. The Balaban J connectivity index is 2.32. The van der Waals surface area contributed by atoms with Crippen molar-refractivity contribution < 1.29 is 18.7 Å². The standard InChI is InChI=1S/C14H16FN3O3/c1-3-4-8-5-9(6-10(15)12(8)16)18-7-11(13(19)17-2)21-14(18)20/h3,5-6,11H,1,4,7,16H2,2H3,(H,17,19)/t11-/m1/s1. The summed E-state index contributed by atoms with van der Waals surface area (Å²) in [7, 11) is 1.45. The molecule has 21 heavy (non-hydrogen) atoms. The second-order valence-electron chi connectivity index (χ2n) is 4.59. The molecule has 6 nitrogen and oxygen atoms in total. The van der Waals surface area contributed by atoms with Crippen LogP contribution in [0.1, 0.15) is 5.56 Å². The SMILES string of the molecule is C=CCc1cc(N2C[C@H](C(=O)NC)OC2=O)cc(F)c1N. The minimum Gasteiger partial charge on any atom is -0.434 e. The number of nitrogens with zero attached hydrogens (tertiary/aromatic N) is 1. The van der Waals surface area contributed by atoms with Crippen molar-refractivity contribution in [2.45, 2.75) is 12.5 Å². The van der Waals surface area contributed by atoms with E-state index in [1.807, 2.05) is 0 Å². The number of allylic oxidation sites excluding steroid dienone is 1. The quantitative estimate of drug-likeness (QED) is 0.645. The number of halogens is 1. The molecule has 1 aromatic rings. The monoisotopic (exact) mass is 293 g/mol. The highest BCUT2D eigenvalue weighted by Crippen LogP contribution is 2.28. The van der Waals surface area contributed by atoms with E-state index in [0.29, 0.717) is 17.7 Å². The maximum absolute atomic E-state index is 13.8. The highest BCUT2D eigenvalue weighted by atomic mass is 19.1. The third-order valence-electron chi connectivity index (χ3n) is 3.23. The Kier molecular flexibility index (Phi) is 4.11. The molecular weight excluding hydrogens is 277 g/mol. The molecule has 0 unspecified atom stereocenters. The van der Waals surface area contributed by atoms with Gasteiger partial charge in [0, 0.05) is 7.05 Å². The summed E-state index contributed by atoms with van der Waals surface area (Å²) in [6.07, 6.45) is 0.353. The van der Waals surface area contributed by atoms with E-state index in [1.54, 1.807) is 12.1 Å². The zero-order chi connectivity index (χ0) is 15.6. The van der Waals surface area contributed by atoms with E-state index >= 15 is 0 Å². The van der Waals surface area contributed by atoms with E-state index in [0.717, 1.165) is 6.07 Å². The van der Waals surface area contributed by atoms with E-state index in [9.17, 15) is 14.0 Å². The highest BCUT2D eigenvalue weighted by molar-refractivity contribution is 5.95. The molecule has 2 rings (SSSR count). The number of carbonyl (C=O) groups is 2. The van der Waals surface area contributed by atoms with Crippen LogP contribution in [0.15, 0.2) is 24.8 Å². The number of anilines is 2. The normalized spacial score (nSPS) is 17.5. The molecule has 0 bridgehead atoms. The first kappa shape index (κ1) is 14.8. The molecule has 1 atom stereocenters. The average molecular weight is 293 g/mol. The second-order valence-corrected chi connectivity index (χ2v) is 4.59. The Morgan fingerprint density at radius 3 is 3.00 bits per heavy atom. The molecule has 1 fully saturated rings. The lowest BCUT2D eigenvalue weighted by molar-refractivity contribution is -0.127. The summed E-state index contributed by atoms with van der Waals surface area (Å²) in [4.78, 5) is 24.5. The number of amides is 2. The lowest BCUT2D eigenvalue weighted by Crippen LogP contribution is -2.35. The molecule has 3 N–H and O–H groups in total. The second kappa shape index (κ2) is 5.82. The Morgan fingerprint density at radius 1 is 1.67 bits per heavy atom. The fourth-order valence-electron chi connectivity index (χ4n) is 2.11. The van der Waals surface area contributed by atoms with Crippen LogP contribution in [0.3, 0.4) is 0 Å². The number of rotatable bonds is 4. The van der Waals surface area contributed by atoms with Gasteiger partial charge in [0.15, 0.2) is 6.10 Å². The molecule has 0 aromatic heterocycles. The van der Waals surface area contributed by atoms with E-state index < -0.39 is 23.9 Å². The molecule has 0 radical (unpaired) electrons. The topological polar surface area (TPSA) is 84.7 Å². The van der Waals surface area contributed by atoms with Crippen LogP contribution >= 0.6 is 0 Å². The number of benzene rings is 1. The first-order chi connectivity index (χ1) is 9.97. The maximum Gasteiger partial charge on any atom is 0.415 e. The van der Waals surface area contributed by atoms with E-state index in [2.05, 4.69) is 11.9 Å². The molecule has 0 aliphatic carbocycles. The summed E-state index contributed by atoms with van der Waals surface area (Å²) in [5, 5.41) is 2.40. The summed E-state index contributed by atoms with van der Waals surface area (Å²) in [5.74, 6) is -1.03. The van der Waals surface area contributed by atoms with Crippen molar-refractivity contribution in [2.24, 2.45) is 0 Å². The van der Waals surface area contributed by atoms with Crippen LogP contribution < -0.4 is 16.0 Å². The van der Waals surface area contributed by atoms with Crippen LogP contribution in [-0.4, -0.2) is 31.7 Å². The summed E-state index contributed by atoms with van der Waals surface area (Å²) < 4.78 is 18.8. The number of hydrogen-bond acceptors (Lipinski definition) is 4. The molecule has 1 aliphatic rings. The summed E-state index contributed by atoms with van der Waals surface area (Å²) in [5.41, 5.74) is 6.49. The molecular formula is C14H16FN3O3. The Bertz CT molecular complexity index is 603. The van der Waals surface area contributed by atoms with Gasteiger partial charge in [-0.15, -0.1) is 6.58 Å². The Hall–Kier alpha value is -2.57. The van der Waals surface area contributed by atoms with Crippen LogP contribution in [-0.2, 0) is 16.0 Å². The van der Waals surface area contributed by atoms with Gasteiger partial charge >= 0.3 is 6.09 Å². The summed E-state index contributed by atoms with van der Waals surface area (Å²) >= 11 is 0. The van der Waals surface area contributed by atoms with Gasteiger partial charge in [-0.05, 0) is 24.1 Å². The first-order valence-electron chi connectivity index (χ1n) is 6.36. The van der Waals surface area contributed by atoms with E-state index in [-0.39, 0.29) is 12.2 Å². The molecule has 2 amide bonds. The molecule has 0 spiro atoms. The first-order valence-corrected chi connectivity index (χ1v) is 6.36. The third-order valence-corrected chi connectivity index (χ3v) is 3.23. The zero-order valence-electron chi connectivity index (χ0n) is 11.6. The van der Waals surface area contributed by atoms with Crippen molar-refractivity contribution in [1.29, 1.82) is 0 Å². The predicted molar refractivity (Wildman–Crippen MR) is 76.4 cm³/mol. The van der Waals surface area contributed by atoms with Gasteiger partial charge in [-0.25, -0.2) is 9.18 Å². The smallest absolute Gasteiger partial charge is 0.415 e. The zero-order valence-corrected chi connectivity index (χ0v) is 11.6. The van der Waals surface area contributed by atoms with Crippen molar-refractivity contribution in [3.63, 3.8) is 0 Å². The largest absolute Gasteiger partial charge is 0.434 e. The molecule has 1 aromatic carbocycles. The van der Waals surface area contributed by atoms with Crippen molar-refractivity contribution in [3.05, 3.63) is 36.2 Å². The highest BCUT2D eigenvalue weighted by Gasteiger charge is 2.36. The molecule has 1 saturated heterocycles. The van der Waals surface area contributed by atoms with Gasteiger partial charge in [-0.3, -0.25) is 9.69 Å². The van der Waals surface area contributed by atoms with Crippen LogP contribution in [0, 0.1) is 5.82 Å². The minimum absolute atomic E-state index is 0.0223. The van der Waals surface area contributed by atoms with Crippen molar-refractivity contribution >= 4 is 23.4 Å². The number of hydrogen-bond donors (Lipinski definition) is 2. The van der Waals surface area contributed by atoms with Gasteiger partial charge < -0.3 is 15.8 Å². The van der Waals surface area contributed by atoms with Crippen LogP contribution in [0.5, 0.6) is 0 Å². The van der Waals surface area contributed by atoms with Crippen molar-refractivity contribution in [2.75, 3.05) is 24.2 Å². The van der Waals surface area contributed by atoms with Gasteiger partial charge in [-0.1, -0.05) is 6.08 Å². The average Bonchev–Trinajstić information content (AvgIpc) is 2.85. The van der Waals surface area contributed by atoms with Crippen molar-refractivity contribution in [1.82, 2.24) is 5.32 Å². The molecule has 0 saturated carbocycles. The lowest BCUT2D eigenvalue weighted by Gasteiger charge is -2.15. The number of cyclic esters (lactones) is 1. The fraction of sp³-hybridized carbons (Fsp3) is 0.286. The van der Waals surface area contributed by atoms with E-state index in [1.165, 1.54) is 11.9 Å². The minimum atomic E-state index is -0.911. The van der Waals surface area contributed by atoms with Gasteiger partial charge in [0.05, 0.1) is 17.9 Å². The van der Waals surface area contributed by atoms with Crippen molar-refractivity contribution in [3.8, 4) is 0 Å². The molecule has 7 heteroatoms. The van der Waals surface area contributed by atoms with Gasteiger partial charge in [0.2, 0.25) is 0 Å². The fourth-order valence-corrected chi connectivity index (χ4v) is 2.11. The third kappa shape index (κ3) is 2.81. The number of nitrogens with one attached hydrogen (secondary N) is 1. The number of likely N-dealkylation sites (N-methyl/N-ethyl adjacent to an activating group) is 1. The Morgan fingerprint density at radius 2 is 2.38 bits per heavy atom. The van der Waals surface area contributed by atoms with Crippen LogP contribution in [0.25, 0.3) is 0 Å². The predicted octanol–water partition coefficient (Wildman–Crippen LogP) is 1.21. The van der Waals surface area contributed by atoms with E-state index in [4.69, 9.17) is 10.5 Å². The Labute approximate surface area is 121 Å². The lowest BCUT2D eigenvalue weighted by atomic mass is 10.1. The molecule has 1 heterocycles. The number of carbonyl (C=O) groups excluding carboxylic acids is 2. The molecule has 1 aliphatic heterocycles. The summed E-state index contributed by atoms with van der Waals surface area (Å²) in [6.45, 7) is 3.60. The van der Waals surface area contributed by atoms with Crippen LogP contribution in [0.2, 0.25) is 0 Å². The number of nitrogen functional groups attached to an aromatic ring is 1. The van der Waals surface area contributed by atoms with Crippen LogP contribution in [0.4, 0.5) is 20.6 Å². The van der Waals surface area contributed by atoms with Gasteiger partial charge in [-0.2, -0.15) is 0 Å². The number of nitrogens with two attached hydrogens (primary N) is 1. The van der Waals surface area contributed by atoms with Gasteiger partial charge in [0.1, 0.15) is 5.82 Å².